The Morgan fingerprint density at radius 2 is 1.83 bits per heavy atom. The molecule has 0 aliphatic carbocycles. The van der Waals surface area contributed by atoms with E-state index in [1.807, 2.05) is 6.92 Å². The number of hydrogen-bond donors (Lipinski definition) is 1. The lowest BCUT2D eigenvalue weighted by molar-refractivity contribution is 0.142. The van der Waals surface area contributed by atoms with Crippen LogP contribution in [0.4, 0.5) is 0 Å². The van der Waals surface area contributed by atoms with Crippen LogP contribution in [0.3, 0.4) is 0 Å². The topological polar surface area (TPSA) is 23.5 Å². The second-order valence-corrected chi connectivity index (χ2v) is 5.00. The standard InChI is InChI=1S/C16H21NO/c1-13(18)12-17(2)11-10-15-8-5-7-14-6-3-4-9-16(14)15/h3-9,13,18H,10-12H2,1-2H3. The first-order chi connectivity index (χ1) is 8.66. The molecule has 0 heterocycles. The maximum absolute atomic E-state index is 9.35. The van der Waals surface area contributed by atoms with E-state index >= 15 is 0 Å². The molecule has 2 nitrogen and oxygen atoms in total. The Balaban J connectivity index is 2.08. The average Bonchev–Trinajstić information content (AvgIpc) is 2.35. The fraction of sp³-hybridized carbons (Fsp3) is 0.375. The van der Waals surface area contributed by atoms with Gasteiger partial charge in [0.1, 0.15) is 0 Å². The Morgan fingerprint density at radius 3 is 2.61 bits per heavy atom. The van der Waals surface area contributed by atoms with E-state index in [9.17, 15) is 5.11 Å². The fourth-order valence-electron chi connectivity index (χ4n) is 2.36. The maximum atomic E-state index is 9.35. The van der Waals surface area contributed by atoms with Crippen molar-refractivity contribution in [1.82, 2.24) is 4.90 Å². The predicted octanol–water partition coefficient (Wildman–Crippen LogP) is 2.69. The number of nitrogens with zero attached hydrogens (tertiary/aromatic N) is 1. The van der Waals surface area contributed by atoms with Gasteiger partial charge in [-0.15, -0.1) is 0 Å². The van der Waals surface area contributed by atoms with E-state index in [0.29, 0.717) is 0 Å². The molecule has 0 fully saturated rings. The molecule has 0 saturated heterocycles. The van der Waals surface area contributed by atoms with Crippen LogP contribution in [0.15, 0.2) is 42.5 Å². The largest absolute Gasteiger partial charge is 0.392 e. The maximum Gasteiger partial charge on any atom is 0.0638 e. The van der Waals surface area contributed by atoms with E-state index < -0.39 is 0 Å². The van der Waals surface area contributed by atoms with Gasteiger partial charge in [-0.2, -0.15) is 0 Å². The van der Waals surface area contributed by atoms with Crippen molar-refractivity contribution in [1.29, 1.82) is 0 Å². The zero-order chi connectivity index (χ0) is 13.0. The Labute approximate surface area is 109 Å². The molecule has 0 radical (unpaired) electrons. The summed E-state index contributed by atoms with van der Waals surface area (Å²) in [5.74, 6) is 0. The Bertz CT molecular complexity index is 502. The number of aliphatic hydroxyl groups is 1. The zero-order valence-electron chi connectivity index (χ0n) is 11.1. The monoisotopic (exact) mass is 243 g/mol. The molecular formula is C16H21NO. The first kappa shape index (κ1) is 13.1. The predicted molar refractivity (Wildman–Crippen MR) is 76.8 cm³/mol. The molecule has 2 aromatic rings. The summed E-state index contributed by atoms with van der Waals surface area (Å²) in [6.45, 7) is 3.53. The summed E-state index contributed by atoms with van der Waals surface area (Å²) in [7, 11) is 2.05. The van der Waals surface area contributed by atoms with Gasteiger partial charge < -0.3 is 10.0 Å². The van der Waals surface area contributed by atoms with Gasteiger partial charge in [0, 0.05) is 13.1 Å². The molecule has 1 N–H and O–H groups in total. The fourth-order valence-corrected chi connectivity index (χ4v) is 2.36. The van der Waals surface area contributed by atoms with Crippen molar-refractivity contribution in [2.75, 3.05) is 20.1 Å². The number of fused-ring (bicyclic) bond motifs is 1. The quantitative estimate of drug-likeness (QED) is 0.872. The van der Waals surface area contributed by atoms with Crippen molar-refractivity contribution < 1.29 is 5.11 Å². The van der Waals surface area contributed by atoms with Crippen LogP contribution < -0.4 is 0 Å². The summed E-state index contributed by atoms with van der Waals surface area (Å²) >= 11 is 0. The van der Waals surface area contributed by atoms with E-state index in [0.717, 1.165) is 19.5 Å². The minimum atomic E-state index is -0.262. The van der Waals surface area contributed by atoms with Crippen molar-refractivity contribution >= 4 is 10.8 Å². The van der Waals surface area contributed by atoms with Crippen LogP contribution in [-0.2, 0) is 6.42 Å². The van der Waals surface area contributed by atoms with Crippen molar-refractivity contribution in [3.05, 3.63) is 48.0 Å². The number of aliphatic hydroxyl groups excluding tert-OH is 1. The van der Waals surface area contributed by atoms with Gasteiger partial charge in [0.15, 0.2) is 0 Å². The molecule has 0 aliphatic rings. The highest BCUT2D eigenvalue weighted by Gasteiger charge is 2.05. The minimum Gasteiger partial charge on any atom is -0.392 e. The lowest BCUT2D eigenvalue weighted by Gasteiger charge is -2.18. The third kappa shape index (κ3) is 3.31. The third-order valence-corrected chi connectivity index (χ3v) is 3.22. The van der Waals surface area contributed by atoms with Crippen LogP contribution in [0.1, 0.15) is 12.5 Å². The first-order valence-corrected chi connectivity index (χ1v) is 6.50. The Morgan fingerprint density at radius 1 is 1.11 bits per heavy atom. The zero-order valence-corrected chi connectivity index (χ0v) is 11.1. The number of likely N-dealkylation sites (N-methyl/N-ethyl adjacent to an activating group) is 1. The van der Waals surface area contributed by atoms with Gasteiger partial charge in [0.05, 0.1) is 6.10 Å². The summed E-state index contributed by atoms with van der Waals surface area (Å²) < 4.78 is 0. The molecular weight excluding hydrogens is 222 g/mol. The number of benzene rings is 2. The van der Waals surface area contributed by atoms with Crippen molar-refractivity contribution in [2.45, 2.75) is 19.4 Å². The van der Waals surface area contributed by atoms with Gasteiger partial charge in [0.25, 0.3) is 0 Å². The van der Waals surface area contributed by atoms with Gasteiger partial charge in [-0.1, -0.05) is 42.5 Å². The van der Waals surface area contributed by atoms with Crippen molar-refractivity contribution in [3.63, 3.8) is 0 Å². The summed E-state index contributed by atoms with van der Waals surface area (Å²) in [4.78, 5) is 2.17. The molecule has 1 unspecified atom stereocenters. The highest BCUT2D eigenvalue weighted by Crippen LogP contribution is 2.18. The first-order valence-electron chi connectivity index (χ1n) is 6.50. The van der Waals surface area contributed by atoms with Gasteiger partial charge in [-0.25, -0.2) is 0 Å². The van der Waals surface area contributed by atoms with E-state index in [-0.39, 0.29) is 6.10 Å². The molecule has 0 aliphatic heterocycles. The summed E-state index contributed by atoms with van der Waals surface area (Å²) in [5, 5.41) is 12.0. The molecule has 0 amide bonds. The van der Waals surface area contributed by atoms with E-state index in [2.05, 4.69) is 54.4 Å². The molecule has 0 bridgehead atoms. The van der Waals surface area contributed by atoms with Crippen LogP contribution in [0.25, 0.3) is 10.8 Å². The summed E-state index contributed by atoms with van der Waals surface area (Å²) in [6, 6.07) is 15.0. The molecule has 0 saturated carbocycles. The SMILES string of the molecule is CC(O)CN(C)CCc1cccc2ccccc12. The average molecular weight is 243 g/mol. The lowest BCUT2D eigenvalue weighted by Crippen LogP contribution is -2.29. The molecule has 18 heavy (non-hydrogen) atoms. The molecule has 2 heteroatoms. The molecule has 96 valence electrons. The molecule has 0 spiro atoms. The highest BCUT2D eigenvalue weighted by atomic mass is 16.3. The van der Waals surface area contributed by atoms with Crippen LogP contribution in [0.5, 0.6) is 0 Å². The summed E-state index contributed by atoms with van der Waals surface area (Å²) in [5.41, 5.74) is 1.38. The molecule has 2 aromatic carbocycles. The van der Waals surface area contributed by atoms with Crippen molar-refractivity contribution in [2.24, 2.45) is 0 Å². The van der Waals surface area contributed by atoms with E-state index in [1.54, 1.807) is 0 Å². The van der Waals surface area contributed by atoms with Gasteiger partial charge in [-0.05, 0) is 36.7 Å². The second kappa shape index (κ2) is 5.98. The van der Waals surface area contributed by atoms with Crippen LogP contribution in [0, 0.1) is 0 Å². The smallest absolute Gasteiger partial charge is 0.0638 e. The van der Waals surface area contributed by atoms with E-state index in [4.69, 9.17) is 0 Å². The Kier molecular flexibility index (Phi) is 4.34. The molecule has 2 rings (SSSR count). The normalized spacial score (nSPS) is 13.1. The number of rotatable bonds is 5. The number of hydrogen-bond acceptors (Lipinski definition) is 2. The van der Waals surface area contributed by atoms with E-state index in [1.165, 1.54) is 16.3 Å². The van der Waals surface area contributed by atoms with Crippen LogP contribution >= 0.6 is 0 Å². The molecule has 0 aromatic heterocycles. The van der Waals surface area contributed by atoms with Crippen LogP contribution in [0.2, 0.25) is 0 Å². The van der Waals surface area contributed by atoms with Crippen LogP contribution in [-0.4, -0.2) is 36.2 Å². The Hall–Kier alpha value is -1.38. The second-order valence-electron chi connectivity index (χ2n) is 5.00. The van der Waals surface area contributed by atoms with Gasteiger partial charge >= 0.3 is 0 Å². The lowest BCUT2D eigenvalue weighted by atomic mass is 10.0. The summed E-state index contributed by atoms with van der Waals surface area (Å²) in [6.07, 6.45) is 0.757. The highest BCUT2D eigenvalue weighted by molar-refractivity contribution is 5.85. The van der Waals surface area contributed by atoms with Gasteiger partial charge in [-0.3, -0.25) is 0 Å². The third-order valence-electron chi connectivity index (χ3n) is 3.22. The molecule has 1 atom stereocenters. The van der Waals surface area contributed by atoms with Gasteiger partial charge in [0.2, 0.25) is 0 Å². The van der Waals surface area contributed by atoms with Crippen molar-refractivity contribution in [3.8, 4) is 0 Å². The minimum absolute atomic E-state index is 0.262.